The van der Waals surface area contributed by atoms with Crippen LogP contribution >= 0.6 is 0 Å². The van der Waals surface area contributed by atoms with E-state index in [1.54, 1.807) is 0 Å². The molecular weight excluding hydrogens is 338 g/mol. The van der Waals surface area contributed by atoms with Crippen LogP contribution in [0.5, 0.6) is 5.75 Å². The van der Waals surface area contributed by atoms with Gasteiger partial charge in [-0.2, -0.15) is 0 Å². The molecule has 0 amide bonds. The highest BCUT2D eigenvalue weighted by Gasteiger charge is 2.10. The quantitative estimate of drug-likeness (QED) is 0.160. The smallest absolute Gasteiger partial charge is 0.494 e. The molecule has 1 aromatic carbocycles. The average Bonchev–Trinajstić information content (AvgIpc) is 2.62. The Bertz CT molecular complexity index is 558. The van der Waals surface area contributed by atoms with Gasteiger partial charge in [-0.25, -0.2) is 10.6 Å². The van der Waals surface area contributed by atoms with Gasteiger partial charge in [0, 0.05) is 19.5 Å². The standard InChI is InChI=1S/C16H27N5O.CH2O3/c17-16(20-18)19-8-5-11-22-15-7-4-6-14(12-15)13-21-9-2-1-3-10-21;2-1(3)4/h4,6-7,12H,1-3,5,8-11,13,18H2,(H3,17,19,20);(H2,2,3,4). The summed E-state index contributed by atoms with van der Waals surface area (Å²) in [6.07, 6.45) is 2.97. The maximum atomic E-state index is 8.56. The zero-order valence-electron chi connectivity index (χ0n) is 14.9. The van der Waals surface area contributed by atoms with Gasteiger partial charge in [0.15, 0.2) is 0 Å². The normalized spacial score (nSPS) is 14.9. The number of benzene rings is 1. The van der Waals surface area contributed by atoms with Gasteiger partial charge in [-0.05, 0) is 43.6 Å². The van der Waals surface area contributed by atoms with Crippen molar-refractivity contribution >= 4 is 12.1 Å². The molecule has 26 heavy (non-hydrogen) atoms. The van der Waals surface area contributed by atoms with Gasteiger partial charge in [0.25, 0.3) is 0 Å². The number of likely N-dealkylation sites (tertiary alicyclic amines) is 1. The van der Waals surface area contributed by atoms with Crippen LogP contribution in [-0.4, -0.2) is 53.5 Å². The number of piperidine rings is 1. The van der Waals surface area contributed by atoms with Crippen LogP contribution in [0, 0.1) is 0 Å². The van der Waals surface area contributed by atoms with E-state index in [1.165, 1.54) is 37.9 Å². The third kappa shape index (κ3) is 10.4. The Morgan fingerprint density at radius 2 is 1.96 bits per heavy atom. The SMILES string of the molecule is NNC(N)=NCCCOc1cccc(CN2CCCCC2)c1.O=C(O)O. The summed E-state index contributed by atoms with van der Waals surface area (Å²) in [4.78, 5) is 15.1. The molecule has 1 heterocycles. The van der Waals surface area contributed by atoms with Crippen molar-refractivity contribution in [2.75, 3.05) is 26.2 Å². The summed E-state index contributed by atoms with van der Waals surface area (Å²) >= 11 is 0. The fourth-order valence-electron chi connectivity index (χ4n) is 2.61. The number of hydrazine groups is 1. The van der Waals surface area contributed by atoms with E-state index in [2.05, 4.69) is 33.5 Å². The first kappa shape index (κ1) is 21.5. The van der Waals surface area contributed by atoms with Crippen molar-refractivity contribution in [2.24, 2.45) is 16.6 Å². The molecule has 0 aromatic heterocycles. The second kappa shape index (κ2) is 12.8. The lowest BCUT2D eigenvalue weighted by Gasteiger charge is -2.26. The summed E-state index contributed by atoms with van der Waals surface area (Å²) in [5, 5.41) is 13.9. The Morgan fingerprint density at radius 3 is 2.62 bits per heavy atom. The monoisotopic (exact) mass is 367 g/mol. The zero-order chi connectivity index (χ0) is 19.2. The lowest BCUT2D eigenvalue weighted by Crippen LogP contribution is -2.37. The number of hydrogen-bond acceptors (Lipinski definition) is 5. The highest BCUT2D eigenvalue weighted by Crippen LogP contribution is 2.17. The highest BCUT2D eigenvalue weighted by atomic mass is 16.6. The molecule has 7 N–H and O–H groups in total. The van der Waals surface area contributed by atoms with Crippen LogP contribution < -0.4 is 21.7 Å². The number of hydrogen-bond donors (Lipinski definition) is 5. The molecule has 0 spiro atoms. The van der Waals surface area contributed by atoms with Crippen molar-refractivity contribution in [2.45, 2.75) is 32.2 Å². The van der Waals surface area contributed by atoms with Crippen molar-refractivity contribution in [1.82, 2.24) is 10.3 Å². The van der Waals surface area contributed by atoms with E-state index in [0.29, 0.717) is 13.2 Å². The Hall–Kier alpha value is -2.52. The van der Waals surface area contributed by atoms with Gasteiger partial charge in [-0.1, -0.05) is 18.6 Å². The van der Waals surface area contributed by atoms with Crippen molar-refractivity contribution in [3.05, 3.63) is 29.8 Å². The summed E-state index contributed by atoms with van der Waals surface area (Å²) in [6.45, 7) is 4.65. The fraction of sp³-hybridized carbons (Fsp3) is 0.529. The Kier molecular flexibility index (Phi) is 10.6. The van der Waals surface area contributed by atoms with E-state index in [0.717, 1.165) is 18.7 Å². The van der Waals surface area contributed by atoms with Crippen molar-refractivity contribution in [1.29, 1.82) is 0 Å². The molecule has 1 aliphatic heterocycles. The lowest BCUT2D eigenvalue weighted by molar-refractivity contribution is 0.137. The topological polar surface area (TPSA) is 146 Å². The minimum atomic E-state index is -1.83. The molecule has 146 valence electrons. The molecule has 9 nitrogen and oxygen atoms in total. The van der Waals surface area contributed by atoms with Crippen LogP contribution in [0.15, 0.2) is 29.3 Å². The largest absolute Gasteiger partial charge is 0.503 e. The first-order valence-electron chi connectivity index (χ1n) is 8.63. The number of carboxylic acid groups (broad SMARTS) is 2. The van der Waals surface area contributed by atoms with E-state index in [9.17, 15) is 0 Å². The molecule has 1 aliphatic rings. The maximum absolute atomic E-state index is 8.56. The lowest BCUT2D eigenvalue weighted by atomic mass is 10.1. The fourth-order valence-corrected chi connectivity index (χ4v) is 2.61. The molecule has 0 saturated carbocycles. The van der Waals surface area contributed by atoms with Crippen LogP contribution in [-0.2, 0) is 6.54 Å². The molecule has 0 bridgehead atoms. The van der Waals surface area contributed by atoms with Crippen LogP contribution in [0.1, 0.15) is 31.2 Å². The van der Waals surface area contributed by atoms with E-state index in [-0.39, 0.29) is 5.96 Å². The molecule has 1 saturated heterocycles. The summed E-state index contributed by atoms with van der Waals surface area (Å²) in [5.74, 6) is 6.30. The van der Waals surface area contributed by atoms with Crippen LogP contribution in [0.3, 0.4) is 0 Å². The Labute approximate surface area is 153 Å². The van der Waals surface area contributed by atoms with E-state index in [1.807, 2.05) is 6.07 Å². The minimum absolute atomic E-state index is 0.253. The molecule has 1 fully saturated rings. The second-order valence-electron chi connectivity index (χ2n) is 5.88. The number of nitrogens with zero attached hydrogens (tertiary/aromatic N) is 2. The van der Waals surface area contributed by atoms with Gasteiger partial charge in [-0.3, -0.25) is 15.3 Å². The number of ether oxygens (including phenoxy) is 1. The van der Waals surface area contributed by atoms with Gasteiger partial charge in [0.1, 0.15) is 5.75 Å². The van der Waals surface area contributed by atoms with Gasteiger partial charge in [0.2, 0.25) is 5.96 Å². The molecule has 1 aromatic rings. The maximum Gasteiger partial charge on any atom is 0.503 e. The van der Waals surface area contributed by atoms with Crippen molar-refractivity contribution in [3.63, 3.8) is 0 Å². The number of carbonyl (C=O) groups is 1. The third-order valence-electron chi connectivity index (χ3n) is 3.75. The summed E-state index contributed by atoms with van der Waals surface area (Å²) in [5.41, 5.74) is 9.06. The van der Waals surface area contributed by atoms with Crippen molar-refractivity contribution in [3.8, 4) is 5.75 Å². The second-order valence-corrected chi connectivity index (χ2v) is 5.88. The Balaban J connectivity index is 0.000000765. The van der Waals surface area contributed by atoms with Gasteiger partial charge in [0.05, 0.1) is 6.61 Å². The molecule has 0 aliphatic carbocycles. The predicted molar refractivity (Wildman–Crippen MR) is 100 cm³/mol. The molecule has 2 rings (SSSR count). The molecule has 0 unspecified atom stereocenters. The summed E-state index contributed by atoms with van der Waals surface area (Å²) in [7, 11) is 0. The first-order valence-corrected chi connectivity index (χ1v) is 8.63. The predicted octanol–water partition coefficient (Wildman–Crippen LogP) is 1.44. The van der Waals surface area contributed by atoms with Crippen LogP contribution in [0.4, 0.5) is 4.79 Å². The number of nitrogens with one attached hydrogen (secondary N) is 1. The summed E-state index contributed by atoms with van der Waals surface area (Å²) < 4.78 is 5.77. The van der Waals surface area contributed by atoms with Crippen molar-refractivity contribution < 1.29 is 19.7 Å². The zero-order valence-corrected chi connectivity index (χ0v) is 14.9. The third-order valence-corrected chi connectivity index (χ3v) is 3.75. The molecular formula is C17H29N5O4. The van der Waals surface area contributed by atoms with Gasteiger partial charge >= 0.3 is 6.16 Å². The Morgan fingerprint density at radius 1 is 1.27 bits per heavy atom. The van der Waals surface area contributed by atoms with E-state index in [4.69, 9.17) is 31.3 Å². The van der Waals surface area contributed by atoms with E-state index < -0.39 is 6.16 Å². The number of rotatable bonds is 7. The molecule has 9 heteroatoms. The number of nitrogens with two attached hydrogens (primary N) is 2. The van der Waals surface area contributed by atoms with Crippen LogP contribution in [0.25, 0.3) is 0 Å². The van der Waals surface area contributed by atoms with Gasteiger partial charge < -0.3 is 20.7 Å². The number of aliphatic imine (C=N–C) groups is 1. The highest BCUT2D eigenvalue weighted by molar-refractivity contribution is 5.77. The minimum Gasteiger partial charge on any atom is -0.494 e. The molecule has 0 atom stereocenters. The first-order chi connectivity index (χ1) is 12.5. The van der Waals surface area contributed by atoms with E-state index >= 15 is 0 Å². The molecule has 0 radical (unpaired) electrons. The van der Waals surface area contributed by atoms with Crippen LogP contribution in [0.2, 0.25) is 0 Å². The van der Waals surface area contributed by atoms with Gasteiger partial charge in [-0.15, -0.1) is 0 Å². The summed E-state index contributed by atoms with van der Waals surface area (Å²) in [6, 6.07) is 8.36. The average molecular weight is 367 g/mol. The number of guanidine groups is 1.